The van der Waals surface area contributed by atoms with Gasteiger partial charge in [-0.25, -0.2) is 0 Å². The standard InChI is InChI=1S/C34H32O4P2/c1-25-5-17-31(18-6-25)39(35,32-19-7-26(2)8-20-32)37-29-13-15-30(16-14-29)38-40(36,33-21-9-27(3)10-22-33)34-23-11-28(4)12-24-34/h5-24H,1-4H3. The molecule has 0 bridgehead atoms. The third kappa shape index (κ3) is 5.85. The molecule has 0 unspecified atom stereocenters. The van der Waals surface area contributed by atoms with Crippen molar-refractivity contribution in [3.63, 3.8) is 0 Å². The van der Waals surface area contributed by atoms with Crippen molar-refractivity contribution in [2.24, 2.45) is 0 Å². The van der Waals surface area contributed by atoms with E-state index in [-0.39, 0.29) is 0 Å². The van der Waals surface area contributed by atoms with Crippen LogP contribution in [0.5, 0.6) is 11.5 Å². The Hall–Kier alpha value is -3.84. The molecule has 0 heterocycles. The monoisotopic (exact) mass is 566 g/mol. The first kappa shape index (κ1) is 27.7. The van der Waals surface area contributed by atoms with E-state index in [1.165, 1.54) is 0 Å². The Balaban J connectivity index is 1.48. The van der Waals surface area contributed by atoms with Crippen LogP contribution in [0.3, 0.4) is 0 Å². The number of hydrogen-bond donors (Lipinski definition) is 0. The second-order valence-corrected chi connectivity index (χ2v) is 14.7. The van der Waals surface area contributed by atoms with Crippen LogP contribution in [0.4, 0.5) is 0 Å². The lowest BCUT2D eigenvalue weighted by Crippen LogP contribution is -2.21. The van der Waals surface area contributed by atoms with Gasteiger partial charge in [0.2, 0.25) is 0 Å². The maximum atomic E-state index is 14.4. The van der Waals surface area contributed by atoms with Crippen molar-refractivity contribution in [2.45, 2.75) is 27.7 Å². The molecule has 0 aliphatic rings. The van der Waals surface area contributed by atoms with Crippen LogP contribution in [-0.4, -0.2) is 0 Å². The largest absolute Gasteiger partial charge is 0.437 e. The zero-order valence-corrected chi connectivity index (χ0v) is 24.9. The molecule has 6 heteroatoms. The molecule has 5 aromatic carbocycles. The Labute approximate surface area is 236 Å². The van der Waals surface area contributed by atoms with E-state index in [0.29, 0.717) is 32.7 Å². The summed E-state index contributed by atoms with van der Waals surface area (Å²) in [5, 5.41) is 2.46. The van der Waals surface area contributed by atoms with Gasteiger partial charge in [-0.15, -0.1) is 0 Å². The first-order chi connectivity index (χ1) is 19.2. The fraction of sp³-hybridized carbons (Fsp3) is 0.118. The van der Waals surface area contributed by atoms with Gasteiger partial charge >= 0.3 is 14.7 Å². The van der Waals surface area contributed by atoms with E-state index >= 15 is 0 Å². The van der Waals surface area contributed by atoms with Crippen LogP contribution in [0.25, 0.3) is 0 Å². The third-order valence-corrected chi connectivity index (χ3v) is 11.6. The molecule has 5 aromatic rings. The van der Waals surface area contributed by atoms with Gasteiger partial charge in [-0.2, -0.15) is 0 Å². The van der Waals surface area contributed by atoms with E-state index in [0.717, 1.165) is 22.3 Å². The van der Waals surface area contributed by atoms with Crippen molar-refractivity contribution in [3.8, 4) is 11.5 Å². The molecule has 0 saturated carbocycles. The van der Waals surface area contributed by atoms with Crippen LogP contribution in [-0.2, 0) is 9.13 Å². The predicted molar refractivity (Wildman–Crippen MR) is 166 cm³/mol. The second-order valence-electron chi connectivity index (χ2n) is 10.1. The summed E-state index contributed by atoms with van der Waals surface area (Å²) in [5.41, 5.74) is 4.30. The van der Waals surface area contributed by atoms with Crippen LogP contribution in [0.2, 0.25) is 0 Å². The van der Waals surface area contributed by atoms with Gasteiger partial charge in [0.25, 0.3) is 0 Å². The van der Waals surface area contributed by atoms with Crippen LogP contribution in [0.1, 0.15) is 22.3 Å². The summed E-state index contributed by atoms with van der Waals surface area (Å²) in [7, 11) is -6.88. The van der Waals surface area contributed by atoms with Gasteiger partial charge in [-0.05, 0) is 100 Å². The average molecular weight is 567 g/mol. The zero-order chi connectivity index (χ0) is 28.3. The quantitative estimate of drug-likeness (QED) is 0.182. The SMILES string of the molecule is Cc1ccc(P(=O)(Oc2ccc(OP(=O)(c3ccc(C)cc3)c3ccc(C)cc3)cc2)c2ccc(C)cc2)cc1. The van der Waals surface area contributed by atoms with E-state index in [1.54, 1.807) is 24.3 Å². The number of rotatable bonds is 8. The molecule has 0 aliphatic carbocycles. The maximum Gasteiger partial charge on any atom is 0.306 e. The van der Waals surface area contributed by atoms with Gasteiger partial charge in [-0.3, -0.25) is 9.13 Å². The Morgan fingerprint density at radius 2 is 0.550 bits per heavy atom. The van der Waals surface area contributed by atoms with Crippen molar-refractivity contribution in [1.29, 1.82) is 0 Å². The van der Waals surface area contributed by atoms with Gasteiger partial charge in [0.1, 0.15) is 11.5 Å². The highest BCUT2D eigenvalue weighted by molar-refractivity contribution is 7.75. The Morgan fingerprint density at radius 3 is 0.750 bits per heavy atom. The van der Waals surface area contributed by atoms with E-state index in [2.05, 4.69) is 0 Å². The van der Waals surface area contributed by atoms with Gasteiger partial charge in [0.15, 0.2) is 0 Å². The zero-order valence-electron chi connectivity index (χ0n) is 23.1. The molecule has 0 spiro atoms. The fourth-order valence-electron chi connectivity index (χ4n) is 4.33. The van der Waals surface area contributed by atoms with Crippen molar-refractivity contribution >= 4 is 36.0 Å². The molecule has 0 aromatic heterocycles. The Bertz CT molecular complexity index is 1460. The molecule has 0 atom stereocenters. The third-order valence-electron chi connectivity index (χ3n) is 6.79. The molecule has 4 nitrogen and oxygen atoms in total. The molecule has 0 radical (unpaired) electrons. The molecule has 0 saturated heterocycles. The number of aryl methyl sites for hydroxylation is 4. The fourth-order valence-corrected chi connectivity index (χ4v) is 8.35. The lowest BCUT2D eigenvalue weighted by atomic mass is 10.2. The smallest absolute Gasteiger partial charge is 0.306 e. The van der Waals surface area contributed by atoms with Gasteiger partial charge in [0, 0.05) is 0 Å². The van der Waals surface area contributed by atoms with E-state index < -0.39 is 14.7 Å². The van der Waals surface area contributed by atoms with Gasteiger partial charge in [0.05, 0.1) is 21.2 Å². The maximum absolute atomic E-state index is 14.4. The van der Waals surface area contributed by atoms with Crippen molar-refractivity contribution < 1.29 is 18.2 Å². The molecule has 0 fully saturated rings. The highest BCUT2D eigenvalue weighted by Gasteiger charge is 2.32. The van der Waals surface area contributed by atoms with Crippen molar-refractivity contribution in [2.75, 3.05) is 0 Å². The molecule has 40 heavy (non-hydrogen) atoms. The number of hydrogen-bond acceptors (Lipinski definition) is 4. The van der Waals surface area contributed by atoms with Crippen molar-refractivity contribution in [1.82, 2.24) is 0 Å². The summed E-state index contributed by atoms with van der Waals surface area (Å²) in [4.78, 5) is 0. The summed E-state index contributed by atoms with van der Waals surface area (Å²) in [6.45, 7) is 7.97. The van der Waals surface area contributed by atoms with Gasteiger partial charge < -0.3 is 9.05 Å². The molecule has 202 valence electrons. The van der Waals surface area contributed by atoms with Crippen LogP contribution < -0.4 is 30.3 Å². The molecular formula is C34H32O4P2. The van der Waals surface area contributed by atoms with Crippen LogP contribution in [0.15, 0.2) is 121 Å². The van der Waals surface area contributed by atoms with E-state index in [4.69, 9.17) is 9.05 Å². The molecule has 5 rings (SSSR count). The minimum Gasteiger partial charge on any atom is -0.437 e. The molecule has 0 amide bonds. The van der Waals surface area contributed by atoms with Crippen molar-refractivity contribution in [3.05, 3.63) is 144 Å². The summed E-state index contributed by atoms with van der Waals surface area (Å²) < 4.78 is 41.4. The van der Waals surface area contributed by atoms with E-state index in [9.17, 15) is 9.13 Å². The summed E-state index contributed by atoms with van der Waals surface area (Å²) in [6.07, 6.45) is 0. The molecule has 0 N–H and O–H groups in total. The minimum absolute atomic E-state index is 0.428. The summed E-state index contributed by atoms with van der Waals surface area (Å²) >= 11 is 0. The summed E-state index contributed by atoms with van der Waals surface area (Å²) in [5.74, 6) is 0.856. The second kappa shape index (κ2) is 11.3. The Morgan fingerprint density at radius 1 is 0.350 bits per heavy atom. The first-order valence-electron chi connectivity index (χ1n) is 13.1. The molecule has 0 aliphatic heterocycles. The highest BCUT2D eigenvalue weighted by atomic mass is 31.2. The minimum atomic E-state index is -3.44. The average Bonchev–Trinajstić information content (AvgIpc) is 2.95. The Kier molecular flexibility index (Phi) is 7.86. The normalized spacial score (nSPS) is 11.7. The predicted octanol–water partition coefficient (Wildman–Crippen LogP) is 7.54. The van der Waals surface area contributed by atoms with E-state index in [1.807, 2.05) is 125 Å². The molecular weight excluding hydrogens is 534 g/mol. The lowest BCUT2D eigenvalue weighted by Gasteiger charge is -2.22. The number of benzene rings is 5. The van der Waals surface area contributed by atoms with Crippen LogP contribution >= 0.6 is 14.7 Å². The van der Waals surface area contributed by atoms with Crippen LogP contribution in [0, 0.1) is 27.7 Å². The highest BCUT2D eigenvalue weighted by Crippen LogP contribution is 2.48. The lowest BCUT2D eigenvalue weighted by molar-refractivity contribution is 0.495. The topological polar surface area (TPSA) is 52.6 Å². The first-order valence-corrected chi connectivity index (χ1v) is 16.4. The summed E-state index contributed by atoms with van der Waals surface area (Å²) in [6, 6.07) is 37.1. The van der Waals surface area contributed by atoms with Gasteiger partial charge in [-0.1, -0.05) is 70.8 Å².